The summed E-state index contributed by atoms with van der Waals surface area (Å²) in [7, 11) is 0. The number of rotatable bonds is 12. The van der Waals surface area contributed by atoms with E-state index >= 15 is 0 Å². The van der Waals surface area contributed by atoms with Crippen LogP contribution in [0.5, 0.6) is 0 Å². The van der Waals surface area contributed by atoms with Crippen LogP contribution in [0.3, 0.4) is 0 Å². The monoisotopic (exact) mass is 410 g/mol. The molecule has 0 spiro atoms. The number of fused-ring (bicyclic) bond motifs is 2. The number of unbranched alkanes of at least 4 members (excludes halogenated alkanes) is 6. The Hall–Kier alpha value is -0.860. The summed E-state index contributed by atoms with van der Waals surface area (Å²) in [6, 6.07) is 0. The van der Waals surface area contributed by atoms with Gasteiger partial charge in [-0.05, 0) is 12.8 Å². The molecule has 8 atom stereocenters. The van der Waals surface area contributed by atoms with Gasteiger partial charge in [0.05, 0.1) is 0 Å². The Morgan fingerprint density at radius 2 is 1.10 bits per heavy atom. The second-order valence-electron chi connectivity index (χ2n) is 8.67. The van der Waals surface area contributed by atoms with Gasteiger partial charge in [-0.2, -0.15) is 0 Å². The van der Waals surface area contributed by atoms with Crippen LogP contribution in [0.4, 0.5) is 0 Å². The fourth-order valence-corrected chi connectivity index (χ4v) is 4.38. The van der Waals surface area contributed by atoms with Crippen molar-refractivity contribution in [3.8, 4) is 0 Å². The molecule has 8 unspecified atom stereocenters. The van der Waals surface area contributed by atoms with E-state index in [0.717, 1.165) is 51.4 Å². The smallest absolute Gasteiger partial charge is 0.193 e. The molecule has 7 heteroatoms. The van der Waals surface area contributed by atoms with Crippen molar-refractivity contribution in [1.82, 2.24) is 0 Å². The molecule has 0 aromatic carbocycles. The maximum absolute atomic E-state index is 12.4. The van der Waals surface area contributed by atoms with Crippen molar-refractivity contribution in [2.75, 3.05) is 0 Å². The zero-order chi connectivity index (χ0) is 20.4. The largest absolute Gasteiger partial charge is 0.356 e. The van der Waals surface area contributed by atoms with E-state index in [-0.39, 0.29) is 23.8 Å². The highest BCUT2D eigenvalue weighted by Crippen LogP contribution is 2.41. The molecule has 0 amide bonds. The van der Waals surface area contributed by atoms with Gasteiger partial charge in [-0.15, -0.1) is 0 Å². The van der Waals surface area contributed by atoms with Crippen LogP contribution in [0, 0.1) is 0 Å². The third-order valence-corrected chi connectivity index (χ3v) is 6.29. The van der Waals surface area contributed by atoms with E-state index in [9.17, 15) is 9.59 Å². The van der Waals surface area contributed by atoms with E-state index in [0.29, 0.717) is 12.8 Å². The topological polar surface area (TPSA) is 86.9 Å². The van der Waals surface area contributed by atoms with Crippen LogP contribution in [-0.2, 0) is 33.3 Å². The molecule has 29 heavy (non-hydrogen) atoms. The van der Waals surface area contributed by atoms with Gasteiger partial charge in [0.2, 0.25) is 0 Å². The molecule has 4 aliphatic heterocycles. The molecule has 0 bridgehead atoms. The van der Waals surface area contributed by atoms with Crippen LogP contribution in [-0.4, -0.2) is 60.8 Å². The minimum atomic E-state index is -0.641. The van der Waals surface area contributed by atoms with E-state index in [4.69, 9.17) is 23.7 Å². The lowest BCUT2D eigenvalue weighted by molar-refractivity contribution is -0.279. The van der Waals surface area contributed by atoms with Gasteiger partial charge in [-0.25, -0.2) is 0 Å². The SMILES string of the molecule is CCCCCCC1OC(OC2OC(CCCCCC)C(=O)C3OC23)C2OC2C1=O. The zero-order valence-corrected chi connectivity index (χ0v) is 17.5. The quantitative estimate of drug-likeness (QED) is 0.361. The summed E-state index contributed by atoms with van der Waals surface area (Å²) in [5.41, 5.74) is 0. The number of carbonyl (C=O) groups is 2. The zero-order valence-electron chi connectivity index (χ0n) is 17.5. The standard InChI is InChI=1S/C22H34O7/c1-3-5-7-9-11-13-15(23)17-19(27-17)21(25-13)29-22-20-18(28-20)16(24)14(26-22)12-10-8-6-4-2/h13-14,17-22H,3-12H2,1-2H3. The highest BCUT2D eigenvalue weighted by atomic mass is 16.8. The molecule has 0 radical (unpaired) electrons. The lowest BCUT2D eigenvalue weighted by atomic mass is 10.00. The lowest BCUT2D eigenvalue weighted by Crippen LogP contribution is -2.49. The average Bonchev–Trinajstić information content (AvgIpc) is 3.61. The minimum absolute atomic E-state index is 0.0282. The highest BCUT2D eigenvalue weighted by Gasteiger charge is 2.62. The van der Waals surface area contributed by atoms with Gasteiger partial charge in [0.15, 0.2) is 36.4 Å². The van der Waals surface area contributed by atoms with E-state index < -0.39 is 37.0 Å². The predicted molar refractivity (Wildman–Crippen MR) is 103 cm³/mol. The van der Waals surface area contributed by atoms with E-state index in [1.165, 1.54) is 0 Å². The Kier molecular flexibility index (Phi) is 7.02. The molecule has 0 aromatic heterocycles. The molecule has 0 aromatic rings. The van der Waals surface area contributed by atoms with Gasteiger partial charge >= 0.3 is 0 Å². The second kappa shape index (κ2) is 9.52. The molecule has 4 rings (SSSR count). The van der Waals surface area contributed by atoms with Gasteiger partial charge in [0.1, 0.15) is 24.4 Å². The van der Waals surface area contributed by atoms with Crippen molar-refractivity contribution >= 4 is 11.6 Å². The van der Waals surface area contributed by atoms with E-state index in [1.54, 1.807) is 0 Å². The fraction of sp³-hybridized carbons (Fsp3) is 0.909. The summed E-state index contributed by atoms with van der Waals surface area (Å²) in [5.74, 6) is 0.0564. The molecule has 0 N–H and O–H groups in total. The highest BCUT2D eigenvalue weighted by molar-refractivity contribution is 5.91. The van der Waals surface area contributed by atoms with Crippen LogP contribution in [0.15, 0.2) is 0 Å². The summed E-state index contributed by atoms with van der Waals surface area (Å²) in [6.45, 7) is 4.32. The van der Waals surface area contributed by atoms with Crippen LogP contribution in [0.2, 0.25) is 0 Å². The van der Waals surface area contributed by atoms with Crippen molar-refractivity contribution < 1.29 is 33.3 Å². The summed E-state index contributed by atoms with van der Waals surface area (Å²) >= 11 is 0. The lowest BCUT2D eigenvalue weighted by Gasteiger charge is -2.32. The minimum Gasteiger partial charge on any atom is -0.356 e. The molecule has 4 aliphatic rings. The van der Waals surface area contributed by atoms with E-state index in [1.807, 2.05) is 0 Å². The van der Waals surface area contributed by atoms with Gasteiger partial charge in [-0.3, -0.25) is 9.59 Å². The van der Waals surface area contributed by atoms with Crippen LogP contribution >= 0.6 is 0 Å². The molecule has 0 saturated carbocycles. The molecule has 4 fully saturated rings. The molecular formula is C22H34O7. The van der Waals surface area contributed by atoms with Crippen molar-refractivity contribution in [1.29, 1.82) is 0 Å². The molecule has 4 saturated heterocycles. The van der Waals surface area contributed by atoms with Crippen LogP contribution < -0.4 is 0 Å². The first-order chi connectivity index (χ1) is 14.1. The average molecular weight is 411 g/mol. The first kappa shape index (κ1) is 21.4. The van der Waals surface area contributed by atoms with Gasteiger partial charge in [-0.1, -0.05) is 65.2 Å². The summed E-state index contributed by atoms with van der Waals surface area (Å²) in [6.07, 6.45) is 6.29. The van der Waals surface area contributed by atoms with Crippen molar-refractivity contribution in [2.24, 2.45) is 0 Å². The molecule has 4 heterocycles. The number of hydrogen-bond acceptors (Lipinski definition) is 7. The Labute approximate surface area is 172 Å². The number of carbonyl (C=O) groups excluding carboxylic acids is 2. The molecular weight excluding hydrogens is 376 g/mol. The number of Topliss-reactive ketones (excluding diaryl/α,β-unsaturated/α-hetero) is 2. The van der Waals surface area contributed by atoms with Crippen molar-refractivity contribution in [3.63, 3.8) is 0 Å². The Morgan fingerprint density at radius 3 is 1.52 bits per heavy atom. The third-order valence-electron chi connectivity index (χ3n) is 6.29. The van der Waals surface area contributed by atoms with Crippen LogP contribution in [0.25, 0.3) is 0 Å². The summed E-state index contributed by atoms with van der Waals surface area (Å²) < 4.78 is 29.0. The number of epoxide rings is 2. The first-order valence-electron chi connectivity index (χ1n) is 11.5. The number of hydrogen-bond donors (Lipinski definition) is 0. The fourth-order valence-electron chi connectivity index (χ4n) is 4.38. The first-order valence-corrected chi connectivity index (χ1v) is 11.5. The predicted octanol–water partition coefficient (Wildman–Crippen LogP) is 3.07. The maximum atomic E-state index is 12.4. The maximum Gasteiger partial charge on any atom is 0.193 e. The Bertz CT molecular complexity index is 544. The summed E-state index contributed by atoms with van der Waals surface area (Å²) in [4.78, 5) is 24.8. The summed E-state index contributed by atoms with van der Waals surface area (Å²) in [5, 5.41) is 0. The van der Waals surface area contributed by atoms with Crippen molar-refractivity contribution in [3.05, 3.63) is 0 Å². The molecule has 7 nitrogen and oxygen atoms in total. The molecule has 164 valence electrons. The van der Waals surface area contributed by atoms with E-state index in [2.05, 4.69) is 13.8 Å². The Morgan fingerprint density at radius 1 is 0.655 bits per heavy atom. The molecule has 0 aliphatic carbocycles. The normalized spacial score (nSPS) is 40.5. The number of ketones is 2. The Balaban J connectivity index is 1.29. The van der Waals surface area contributed by atoms with Gasteiger partial charge in [0.25, 0.3) is 0 Å². The van der Waals surface area contributed by atoms with Crippen LogP contribution in [0.1, 0.15) is 78.1 Å². The second-order valence-corrected chi connectivity index (χ2v) is 8.67. The van der Waals surface area contributed by atoms with Crippen molar-refractivity contribution in [2.45, 2.75) is 127 Å². The van der Waals surface area contributed by atoms with Gasteiger partial charge in [0, 0.05) is 0 Å². The number of ether oxygens (including phenoxy) is 5. The van der Waals surface area contributed by atoms with Gasteiger partial charge < -0.3 is 23.7 Å². The third kappa shape index (κ3) is 4.90.